The van der Waals surface area contributed by atoms with E-state index in [2.05, 4.69) is 39.1 Å². The van der Waals surface area contributed by atoms with Gasteiger partial charge >= 0.3 is 0 Å². The first-order valence-electron chi connectivity index (χ1n) is 9.99. The van der Waals surface area contributed by atoms with Crippen LogP contribution in [0, 0.1) is 13.8 Å². The van der Waals surface area contributed by atoms with E-state index < -0.39 is 6.10 Å². The molecular formula is C21H26N8O. The summed E-state index contributed by atoms with van der Waals surface area (Å²) in [4.78, 5) is 17.9. The molecule has 4 aromatic rings. The normalized spacial score (nSPS) is 12.6. The van der Waals surface area contributed by atoms with E-state index in [0.29, 0.717) is 18.3 Å². The Hall–Kier alpha value is -3.33. The zero-order valence-electron chi connectivity index (χ0n) is 17.8. The van der Waals surface area contributed by atoms with Crippen molar-refractivity contribution in [1.29, 1.82) is 0 Å². The summed E-state index contributed by atoms with van der Waals surface area (Å²) in [5, 5.41) is 17.4. The van der Waals surface area contributed by atoms with Gasteiger partial charge in [-0.25, -0.2) is 19.9 Å². The maximum atomic E-state index is 9.52. The third-order valence-electron chi connectivity index (χ3n) is 4.98. The molecule has 0 unspecified atom stereocenters. The highest BCUT2D eigenvalue weighted by molar-refractivity contribution is 5.78. The first-order valence-corrected chi connectivity index (χ1v) is 9.99. The molecule has 0 saturated heterocycles. The molecule has 0 aliphatic carbocycles. The van der Waals surface area contributed by atoms with Crippen molar-refractivity contribution >= 4 is 11.7 Å². The topological polar surface area (TPSA) is 106 Å². The van der Waals surface area contributed by atoms with E-state index in [-0.39, 0.29) is 6.04 Å². The zero-order chi connectivity index (χ0) is 21.4. The molecule has 0 spiro atoms. The Labute approximate surface area is 174 Å². The standard InChI is InChI=1S/C21H26N8O/c1-12(2)29-11-17(18-6-7-22-20(26-18)23-8-13(3)30)19(27-29)16-9-24-21-25-14(4)15(5)28(21)10-16/h6-7,9-13,30H,8H2,1-5H3,(H,22,23,26)/t13-/m0/s1. The number of anilines is 1. The van der Waals surface area contributed by atoms with Gasteiger partial charge in [-0.15, -0.1) is 0 Å². The second-order valence-corrected chi connectivity index (χ2v) is 7.76. The van der Waals surface area contributed by atoms with Crippen LogP contribution in [0.4, 0.5) is 5.95 Å². The molecule has 30 heavy (non-hydrogen) atoms. The highest BCUT2D eigenvalue weighted by Crippen LogP contribution is 2.31. The van der Waals surface area contributed by atoms with Crippen LogP contribution in [-0.4, -0.2) is 51.9 Å². The lowest BCUT2D eigenvalue weighted by Crippen LogP contribution is -2.16. The van der Waals surface area contributed by atoms with Crippen LogP contribution in [0.2, 0.25) is 0 Å². The predicted octanol–water partition coefficient (Wildman–Crippen LogP) is 3.04. The molecule has 0 radical (unpaired) electrons. The Kier molecular flexibility index (Phi) is 5.21. The maximum absolute atomic E-state index is 9.52. The maximum Gasteiger partial charge on any atom is 0.234 e. The SMILES string of the molecule is Cc1nc2ncc(-c3nn(C(C)C)cc3-c3ccnc(NC[C@H](C)O)n3)cn2c1C. The Morgan fingerprint density at radius 2 is 1.90 bits per heavy atom. The van der Waals surface area contributed by atoms with Gasteiger partial charge < -0.3 is 10.4 Å². The summed E-state index contributed by atoms with van der Waals surface area (Å²) >= 11 is 0. The van der Waals surface area contributed by atoms with Gasteiger partial charge in [0.2, 0.25) is 11.7 Å². The third kappa shape index (κ3) is 3.76. The molecule has 9 heteroatoms. The van der Waals surface area contributed by atoms with Crippen molar-refractivity contribution in [2.24, 2.45) is 0 Å². The molecule has 2 N–H and O–H groups in total. The van der Waals surface area contributed by atoms with E-state index in [9.17, 15) is 5.11 Å². The lowest BCUT2D eigenvalue weighted by molar-refractivity contribution is 0.208. The third-order valence-corrected chi connectivity index (χ3v) is 4.98. The van der Waals surface area contributed by atoms with Crippen molar-refractivity contribution in [3.8, 4) is 22.5 Å². The quantitative estimate of drug-likeness (QED) is 0.507. The Bertz CT molecular complexity index is 1190. The molecule has 4 rings (SSSR count). The lowest BCUT2D eigenvalue weighted by atomic mass is 10.1. The number of imidazole rings is 1. The van der Waals surface area contributed by atoms with Crippen molar-refractivity contribution in [1.82, 2.24) is 34.1 Å². The second kappa shape index (κ2) is 7.83. The number of aliphatic hydroxyl groups is 1. The average molecular weight is 406 g/mol. The predicted molar refractivity (Wildman–Crippen MR) is 115 cm³/mol. The fraction of sp³-hybridized carbons (Fsp3) is 0.381. The summed E-state index contributed by atoms with van der Waals surface area (Å²) in [6, 6.07) is 2.05. The minimum absolute atomic E-state index is 0.195. The van der Waals surface area contributed by atoms with Crippen molar-refractivity contribution in [2.45, 2.75) is 46.8 Å². The van der Waals surface area contributed by atoms with Crippen LogP contribution in [0.3, 0.4) is 0 Å². The molecule has 0 saturated carbocycles. The molecule has 9 nitrogen and oxygen atoms in total. The van der Waals surface area contributed by atoms with Gasteiger partial charge in [0.05, 0.1) is 17.5 Å². The van der Waals surface area contributed by atoms with Crippen LogP contribution in [0.15, 0.2) is 30.9 Å². The zero-order valence-corrected chi connectivity index (χ0v) is 17.8. The average Bonchev–Trinajstić information content (AvgIpc) is 3.29. The highest BCUT2D eigenvalue weighted by atomic mass is 16.3. The number of hydrogen-bond acceptors (Lipinski definition) is 7. The van der Waals surface area contributed by atoms with Crippen molar-refractivity contribution in [3.63, 3.8) is 0 Å². The van der Waals surface area contributed by atoms with E-state index in [1.54, 1.807) is 19.3 Å². The molecule has 0 aliphatic rings. The molecular weight excluding hydrogens is 380 g/mol. The smallest absolute Gasteiger partial charge is 0.234 e. The summed E-state index contributed by atoms with van der Waals surface area (Å²) in [5.41, 5.74) is 5.33. The van der Waals surface area contributed by atoms with Gasteiger partial charge in [-0.1, -0.05) is 0 Å². The van der Waals surface area contributed by atoms with E-state index in [4.69, 9.17) is 5.10 Å². The summed E-state index contributed by atoms with van der Waals surface area (Å²) in [5.74, 6) is 1.14. The second-order valence-electron chi connectivity index (χ2n) is 7.76. The Morgan fingerprint density at radius 3 is 2.63 bits per heavy atom. The van der Waals surface area contributed by atoms with Crippen LogP contribution >= 0.6 is 0 Å². The fourth-order valence-electron chi connectivity index (χ4n) is 3.17. The molecule has 4 heterocycles. The van der Waals surface area contributed by atoms with E-state index in [1.165, 1.54) is 0 Å². The van der Waals surface area contributed by atoms with Gasteiger partial charge in [0.1, 0.15) is 5.69 Å². The molecule has 0 amide bonds. The van der Waals surface area contributed by atoms with E-state index in [1.807, 2.05) is 41.4 Å². The summed E-state index contributed by atoms with van der Waals surface area (Å²) in [6.07, 6.45) is 7.02. The van der Waals surface area contributed by atoms with Gasteiger partial charge in [0, 0.05) is 54.2 Å². The van der Waals surface area contributed by atoms with Crippen LogP contribution in [0.1, 0.15) is 38.2 Å². The lowest BCUT2D eigenvalue weighted by Gasteiger charge is -2.08. The number of aromatic nitrogens is 7. The van der Waals surface area contributed by atoms with Crippen molar-refractivity contribution in [2.75, 3.05) is 11.9 Å². The minimum Gasteiger partial charge on any atom is -0.392 e. The number of nitrogens with one attached hydrogen (secondary N) is 1. The number of aryl methyl sites for hydroxylation is 2. The van der Waals surface area contributed by atoms with Gasteiger partial charge in [-0.2, -0.15) is 5.10 Å². The minimum atomic E-state index is -0.490. The number of hydrogen-bond donors (Lipinski definition) is 2. The Morgan fingerprint density at radius 1 is 1.10 bits per heavy atom. The largest absolute Gasteiger partial charge is 0.392 e. The van der Waals surface area contributed by atoms with Gasteiger partial charge in [0.25, 0.3) is 0 Å². The molecule has 156 valence electrons. The van der Waals surface area contributed by atoms with E-state index >= 15 is 0 Å². The first kappa shape index (κ1) is 20.0. The van der Waals surface area contributed by atoms with Crippen LogP contribution in [0.25, 0.3) is 28.3 Å². The molecule has 0 fully saturated rings. The first-order chi connectivity index (χ1) is 14.3. The highest BCUT2D eigenvalue weighted by Gasteiger charge is 2.18. The van der Waals surface area contributed by atoms with Gasteiger partial charge in [0.15, 0.2) is 0 Å². The van der Waals surface area contributed by atoms with E-state index in [0.717, 1.165) is 33.9 Å². The van der Waals surface area contributed by atoms with Crippen LogP contribution in [0.5, 0.6) is 0 Å². The number of rotatable bonds is 6. The van der Waals surface area contributed by atoms with Gasteiger partial charge in [-0.3, -0.25) is 9.08 Å². The van der Waals surface area contributed by atoms with Crippen molar-refractivity contribution in [3.05, 3.63) is 42.2 Å². The number of aliphatic hydroxyl groups excluding tert-OH is 1. The molecule has 0 aliphatic heterocycles. The molecule has 0 aromatic carbocycles. The fourth-order valence-corrected chi connectivity index (χ4v) is 3.17. The summed E-state index contributed by atoms with van der Waals surface area (Å²) < 4.78 is 3.91. The number of fused-ring (bicyclic) bond motifs is 1. The molecule has 1 atom stereocenters. The molecule has 4 aromatic heterocycles. The summed E-state index contributed by atoms with van der Waals surface area (Å²) in [6.45, 7) is 10.3. The van der Waals surface area contributed by atoms with Crippen molar-refractivity contribution < 1.29 is 5.11 Å². The van der Waals surface area contributed by atoms with Crippen LogP contribution < -0.4 is 5.32 Å². The molecule has 0 bridgehead atoms. The Balaban J connectivity index is 1.82. The number of nitrogens with zero attached hydrogens (tertiary/aromatic N) is 7. The van der Waals surface area contributed by atoms with Crippen LogP contribution in [-0.2, 0) is 0 Å². The monoisotopic (exact) mass is 406 g/mol. The summed E-state index contributed by atoms with van der Waals surface area (Å²) in [7, 11) is 0. The van der Waals surface area contributed by atoms with Gasteiger partial charge in [-0.05, 0) is 40.7 Å².